The third-order valence-corrected chi connectivity index (χ3v) is 4.56. The molecule has 1 heterocycles. The van der Waals surface area contributed by atoms with Gasteiger partial charge in [-0.2, -0.15) is 0 Å². The van der Waals surface area contributed by atoms with Crippen LogP contribution in [0.3, 0.4) is 0 Å². The first-order valence-corrected chi connectivity index (χ1v) is 8.21. The van der Waals surface area contributed by atoms with Crippen molar-refractivity contribution in [2.24, 2.45) is 0 Å². The number of halogens is 2. The van der Waals surface area contributed by atoms with E-state index < -0.39 is 5.37 Å². The van der Waals surface area contributed by atoms with Crippen LogP contribution in [-0.4, -0.2) is 29.5 Å². The van der Waals surface area contributed by atoms with Crippen molar-refractivity contribution in [2.75, 3.05) is 13.1 Å². The molecule has 1 amide bonds. The second kappa shape index (κ2) is 6.91. The van der Waals surface area contributed by atoms with Crippen LogP contribution < -0.4 is 0 Å². The zero-order valence-corrected chi connectivity index (χ0v) is 14.2. The Balaban J connectivity index is 1.84. The summed E-state index contributed by atoms with van der Waals surface area (Å²) in [6, 6.07) is 15.8. The Bertz CT molecular complexity index is 696. The summed E-state index contributed by atoms with van der Waals surface area (Å²) in [6.45, 7) is 3.12. The van der Waals surface area contributed by atoms with Crippen LogP contribution in [-0.2, 0) is 4.74 Å². The molecule has 0 aliphatic carbocycles. The van der Waals surface area contributed by atoms with Gasteiger partial charge in [0, 0.05) is 18.1 Å². The van der Waals surface area contributed by atoms with E-state index in [9.17, 15) is 4.79 Å². The molecule has 0 radical (unpaired) electrons. The van der Waals surface area contributed by atoms with E-state index >= 15 is 0 Å². The lowest BCUT2D eigenvalue weighted by molar-refractivity contribution is -0.0615. The first kappa shape index (κ1) is 16.3. The molecule has 0 aromatic heterocycles. The summed E-state index contributed by atoms with van der Waals surface area (Å²) in [5.41, 5.74) is 3.32. The Labute approximate surface area is 145 Å². The van der Waals surface area contributed by atoms with Crippen molar-refractivity contribution in [1.29, 1.82) is 0 Å². The van der Waals surface area contributed by atoms with Gasteiger partial charge in [0.25, 0.3) is 0 Å². The van der Waals surface area contributed by atoms with E-state index in [1.807, 2.05) is 36.4 Å². The van der Waals surface area contributed by atoms with Gasteiger partial charge in [0.2, 0.25) is 0 Å². The van der Waals surface area contributed by atoms with Crippen molar-refractivity contribution in [3.8, 4) is 0 Å². The van der Waals surface area contributed by atoms with E-state index in [1.165, 1.54) is 0 Å². The smallest absolute Gasteiger partial charge is 0.316 e. The summed E-state index contributed by atoms with van der Waals surface area (Å²) < 4.78 is 6.26. The lowest BCUT2D eigenvalue weighted by Crippen LogP contribution is -2.53. The molecule has 1 saturated heterocycles. The lowest BCUT2D eigenvalue weighted by atomic mass is 9.97. The van der Waals surface area contributed by atoms with Gasteiger partial charge in [-0.15, -0.1) is 0 Å². The minimum absolute atomic E-state index is 0.0158. The van der Waals surface area contributed by atoms with Gasteiger partial charge in [0.15, 0.2) is 0 Å². The van der Waals surface area contributed by atoms with Crippen molar-refractivity contribution < 1.29 is 9.53 Å². The molecule has 1 atom stereocenters. The van der Waals surface area contributed by atoms with E-state index in [0.717, 1.165) is 16.7 Å². The molecule has 3 nitrogen and oxygen atoms in total. The molecule has 0 saturated carbocycles. The number of amides is 1. The number of carbonyl (C=O) groups is 1. The lowest BCUT2D eigenvalue weighted by Gasteiger charge is -2.39. The molecule has 1 aliphatic heterocycles. The summed E-state index contributed by atoms with van der Waals surface area (Å²) in [6.07, 6.45) is -0.205. The monoisotopic (exact) mass is 349 g/mol. The Morgan fingerprint density at radius 3 is 2.43 bits per heavy atom. The molecule has 3 rings (SSSR count). The summed E-state index contributed by atoms with van der Waals surface area (Å²) in [5.74, 6) is 0. The highest BCUT2D eigenvalue weighted by Crippen LogP contribution is 2.32. The molecule has 1 unspecified atom stereocenters. The Morgan fingerprint density at radius 2 is 1.83 bits per heavy atom. The normalized spacial score (nSPS) is 16.0. The van der Waals surface area contributed by atoms with E-state index in [-0.39, 0.29) is 12.2 Å². The van der Waals surface area contributed by atoms with E-state index in [4.69, 9.17) is 27.9 Å². The van der Waals surface area contributed by atoms with Crippen LogP contribution in [0.1, 0.15) is 22.8 Å². The molecule has 0 bridgehead atoms. The van der Waals surface area contributed by atoms with Gasteiger partial charge in [0.1, 0.15) is 6.10 Å². The highest BCUT2D eigenvalue weighted by atomic mass is 35.5. The molecule has 2 aromatic carbocycles. The fourth-order valence-corrected chi connectivity index (χ4v) is 2.97. The second-order valence-corrected chi connectivity index (χ2v) is 6.46. The van der Waals surface area contributed by atoms with Crippen molar-refractivity contribution >= 4 is 28.6 Å². The number of hydrogen-bond donors (Lipinski definition) is 0. The Kier molecular flexibility index (Phi) is 4.90. The van der Waals surface area contributed by atoms with Crippen molar-refractivity contribution in [1.82, 2.24) is 4.90 Å². The molecule has 120 valence electrons. The maximum absolute atomic E-state index is 11.1. The zero-order chi connectivity index (χ0) is 16.4. The number of benzene rings is 2. The standard InChI is InChI=1S/C18H17Cl2NO2/c1-12-4-2-3-5-16(12)17(13-6-8-14(19)9-7-13)23-15-10-21(11-15)18(20)22/h2-9,15,17H,10-11H2,1H3. The number of rotatable bonds is 4. The Hall–Kier alpha value is -1.55. The van der Waals surface area contributed by atoms with Crippen LogP contribution in [0.5, 0.6) is 0 Å². The third-order valence-electron chi connectivity index (χ3n) is 4.07. The number of hydrogen-bond acceptors (Lipinski definition) is 2. The molecule has 1 aliphatic rings. The number of ether oxygens (including phenoxy) is 1. The SMILES string of the molecule is Cc1ccccc1C(OC1CN(C(=O)Cl)C1)c1ccc(Cl)cc1. The topological polar surface area (TPSA) is 29.5 Å². The van der Waals surface area contributed by atoms with Crippen molar-refractivity contribution in [3.05, 3.63) is 70.2 Å². The van der Waals surface area contributed by atoms with Gasteiger partial charge < -0.3 is 9.64 Å². The minimum atomic E-state index is -0.427. The highest BCUT2D eigenvalue weighted by Gasteiger charge is 2.33. The molecule has 0 N–H and O–H groups in total. The molecular formula is C18H17Cl2NO2. The third kappa shape index (κ3) is 3.69. The largest absolute Gasteiger partial charge is 0.362 e. The molecular weight excluding hydrogens is 333 g/mol. The maximum atomic E-state index is 11.1. The fraction of sp³-hybridized carbons (Fsp3) is 0.278. The maximum Gasteiger partial charge on any atom is 0.316 e. The van der Waals surface area contributed by atoms with Crippen LogP contribution in [0.2, 0.25) is 5.02 Å². The van der Waals surface area contributed by atoms with Gasteiger partial charge in [0.05, 0.1) is 6.10 Å². The predicted octanol–water partition coefficient (Wildman–Crippen LogP) is 4.80. The van der Waals surface area contributed by atoms with E-state index in [2.05, 4.69) is 19.1 Å². The first-order chi connectivity index (χ1) is 11.0. The average molecular weight is 350 g/mol. The quantitative estimate of drug-likeness (QED) is 0.586. The van der Waals surface area contributed by atoms with Crippen molar-refractivity contribution in [3.63, 3.8) is 0 Å². The zero-order valence-electron chi connectivity index (χ0n) is 12.7. The summed E-state index contributed by atoms with van der Waals surface area (Å²) in [7, 11) is 0. The number of nitrogens with zero attached hydrogens (tertiary/aromatic N) is 1. The molecule has 1 fully saturated rings. The van der Waals surface area contributed by atoms with Gasteiger partial charge in [-0.25, -0.2) is 0 Å². The van der Waals surface area contributed by atoms with Crippen LogP contribution in [0.25, 0.3) is 0 Å². The molecule has 23 heavy (non-hydrogen) atoms. The summed E-state index contributed by atoms with van der Waals surface area (Å²) in [5, 5.41) is 0.267. The summed E-state index contributed by atoms with van der Waals surface area (Å²) in [4.78, 5) is 12.7. The van der Waals surface area contributed by atoms with Gasteiger partial charge >= 0.3 is 5.37 Å². The predicted molar refractivity (Wildman–Crippen MR) is 92.2 cm³/mol. The fourth-order valence-electron chi connectivity index (χ4n) is 2.71. The van der Waals surface area contributed by atoms with Gasteiger partial charge in [-0.05, 0) is 47.3 Å². The molecule has 5 heteroatoms. The van der Waals surface area contributed by atoms with Gasteiger partial charge in [-0.3, -0.25) is 4.79 Å². The van der Waals surface area contributed by atoms with E-state index in [0.29, 0.717) is 18.1 Å². The van der Waals surface area contributed by atoms with Crippen molar-refractivity contribution in [2.45, 2.75) is 19.1 Å². The molecule has 2 aromatic rings. The van der Waals surface area contributed by atoms with Crippen LogP contribution in [0.15, 0.2) is 48.5 Å². The number of carbonyl (C=O) groups excluding carboxylic acids is 1. The average Bonchev–Trinajstić information content (AvgIpc) is 2.48. The van der Waals surface area contributed by atoms with Crippen LogP contribution in [0.4, 0.5) is 4.79 Å². The Morgan fingerprint density at radius 1 is 1.17 bits per heavy atom. The van der Waals surface area contributed by atoms with Crippen LogP contribution in [0, 0.1) is 6.92 Å². The van der Waals surface area contributed by atoms with Crippen LogP contribution >= 0.6 is 23.2 Å². The summed E-state index contributed by atoms with van der Waals surface area (Å²) >= 11 is 11.5. The first-order valence-electron chi connectivity index (χ1n) is 7.45. The highest BCUT2D eigenvalue weighted by molar-refractivity contribution is 6.62. The number of likely N-dealkylation sites (tertiary alicyclic amines) is 1. The number of aryl methyl sites for hydroxylation is 1. The second-order valence-electron chi connectivity index (χ2n) is 5.70. The van der Waals surface area contributed by atoms with E-state index in [1.54, 1.807) is 4.90 Å². The minimum Gasteiger partial charge on any atom is -0.362 e. The molecule has 0 spiro atoms. The van der Waals surface area contributed by atoms with Gasteiger partial charge in [-0.1, -0.05) is 48.0 Å².